The summed E-state index contributed by atoms with van der Waals surface area (Å²) < 4.78 is 0. The van der Waals surface area contributed by atoms with Crippen LogP contribution in [0.25, 0.3) is 0 Å². The first kappa shape index (κ1) is 15.2. The molecule has 0 unspecified atom stereocenters. The van der Waals surface area contributed by atoms with Gasteiger partial charge in [-0.05, 0) is 18.4 Å². The van der Waals surface area contributed by atoms with Crippen LogP contribution in [0.1, 0.15) is 26.3 Å². The maximum atomic E-state index is 4.55. The Balaban J connectivity index is 2.09. The molecule has 0 aliphatic carbocycles. The number of hydrogen-bond acceptors (Lipinski definition) is 5. The minimum Gasteiger partial charge on any atom is -0.353 e. The second-order valence-electron chi connectivity index (χ2n) is 5.41. The van der Waals surface area contributed by atoms with E-state index >= 15 is 0 Å². The Labute approximate surface area is 126 Å². The maximum absolute atomic E-state index is 4.55. The zero-order valence-corrected chi connectivity index (χ0v) is 13.0. The average Bonchev–Trinajstić information content (AvgIpc) is 2.52. The number of nitrogens with zero attached hydrogens (tertiary/aromatic N) is 4. The van der Waals surface area contributed by atoms with E-state index < -0.39 is 0 Å². The fourth-order valence-electron chi connectivity index (χ4n) is 1.98. The van der Waals surface area contributed by atoms with Crippen LogP contribution in [0, 0.1) is 5.92 Å². The predicted octanol–water partition coefficient (Wildman–Crippen LogP) is 2.97. The van der Waals surface area contributed by atoms with Crippen molar-refractivity contribution < 1.29 is 0 Å². The van der Waals surface area contributed by atoms with Gasteiger partial charge in [0.2, 0.25) is 5.95 Å². The number of rotatable bonds is 7. The number of benzene rings is 1. The number of nitrogens with one attached hydrogen (secondary N) is 1. The van der Waals surface area contributed by atoms with Crippen molar-refractivity contribution in [3.63, 3.8) is 0 Å². The fraction of sp³-hybridized carbons (Fsp3) is 0.438. The van der Waals surface area contributed by atoms with Crippen molar-refractivity contribution in [3.8, 4) is 0 Å². The Morgan fingerprint density at radius 3 is 2.62 bits per heavy atom. The van der Waals surface area contributed by atoms with Gasteiger partial charge in [-0.2, -0.15) is 10.1 Å². The van der Waals surface area contributed by atoms with Crippen molar-refractivity contribution >= 4 is 11.8 Å². The molecular weight excluding hydrogens is 262 g/mol. The molecular formula is C16H23N5. The molecule has 0 fully saturated rings. The zero-order valence-electron chi connectivity index (χ0n) is 13.0. The van der Waals surface area contributed by atoms with E-state index in [1.165, 1.54) is 5.56 Å². The molecule has 0 radical (unpaired) electrons. The van der Waals surface area contributed by atoms with E-state index in [1.54, 1.807) is 6.20 Å². The summed E-state index contributed by atoms with van der Waals surface area (Å²) >= 11 is 0. The third kappa shape index (κ3) is 4.70. The highest BCUT2D eigenvalue weighted by Crippen LogP contribution is 2.14. The van der Waals surface area contributed by atoms with Crippen molar-refractivity contribution in [2.24, 2.45) is 5.92 Å². The largest absolute Gasteiger partial charge is 0.353 e. The van der Waals surface area contributed by atoms with Crippen molar-refractivity contribution in [2.45, 2.75) is 27.3 Å². The summed E-state index contributed by atoms with van der Waals surface area (Å²) in [5, 5.41) is 11.3. The van der Waals surface area contributed by atoms with Crippen LogP contribution in [0.3, 0.4) is 0 Å². The third-order valence-electron chi connectivity index (χ3n) is 3.14. The first-order chi connectivity index (χ1) is 10.2. The monoisotopic (exact) mass is 285 g/mol. The summed E-state index contributed by atoms with van der Waals surface area (Å²) in [5.74, 6) is 1.99. The van der Waals surface area contributed by atoms with Gasteiger partial charge in [0.05, 0.1) is 6.20 Å². The molecule has 0 spiro atoms. The molecule has 112 valence electrons. The quantitative estimate of drug-likeness (QED) is 0.847. The second-order valence-corrected chi connectivity index (χ2v) is 5.41. The zero-order chi connectivity index (χ0) is 15.1. The molecule has 1 N–H and O–H groups in total. The fourth-order valence-corrected chi connectivity index (χ4v) is 1.98. The summed E-state index contributed by atoms with van der Waals surface area (Å²) in [7, 11) is 0. The summed E-state index contributed by atoms with van der Waals surface area (Å²) in [6.07, 6.45) is 1.72. The van der Waals surface area contributed by atoms with Gasteiger partial charge in [-0.15, -0.1) is 5.10 Å². The Bertz CT molecular complexity index is 541. The first-order valence-electron chi connectivity index (χ1n) is 7.41. The van der Waals surface area contributed by atoms with Crippen LogP contribution in [0.15, 0.2) is 36.5 Å². The molecule has 21 heavy (non-hydrogen) atoms. The molecule has 0 saturated heterocycles. The highest BCUT2D eigenvalue weighted by atomic mass is 15.3. The highest BCUT2D eigenvalue weighted by molar-refractivity contribution is 5.41. The molecule has 1 aromatic heterocycles. The van der Waals surface area contributed by atoms with Crippen molar-refractivity contribution in [1.82, 2.24) is 15.2 Å². The van der Waals surface area contributed by atoms with E-state index in [2.05, 4.69) is 70.4 Å². The Morgan fingerprint density at radius 1 is 1.19 bits per heavy atom. The molecule has 5 nitrogen and oxygen atoms in total. The van der Waals surface area contributed by atoms with E-state index in [0.29, 0.717) is 11.9 Å². The second kappa shape index (κ2) is 7.57. The van der Waals surface area contributed by atoms with Gasteiger partial charge >= 0.3 is 0 Å². The maximum Gasteiger partial charge on any atom is 0.244 e. The van der Waals surface area contributed by atoms with E-state index in [0.717, 1.165) is 25.5 Å². The molecule has 0 saturated carbocycles. The van der Waals surface area contributed by atoms with Crippen molar-refractivity contribution in [1.29, 1.82) is 0 Å². The topological polar surface area (TPSA) is 53.9 Å². The molecule has 2 aromatic rings. The normalized spacial score (nSPS) is 10.7. The summed E-state index contributed by atoms with van der Waals surface area (Å²) in [5.41, 5.74) is 1.26. The van der Waals surface area contributed by atoms with Gasteiger partial charge in [-0.3, -0.25) is 0 Å². The minimum absolute atomic E-state index is 0.545. The average molecular weight is 285 g/mol. The standard InChI is InChI=1S/C16H23N5/c1-4-21(12-14-8-6-5-7-9-14)15-11-18-20-16(19-15)17-10-13(2)3/h5-9,11,13H,4,10,12H2,1-3H3,(H,17,19,20). The van der Waals surface area contributed by atoms with Crippen LogP contribution in [0.5, 0.6) is 0 Å². The van der Waals surface area contributed by atoms with Crippen LogP contribution >= 0.6 is 0 Å². The molecule has 1 aromatic carbocycles. The first-order valence-corrected chi connectivity index (χ1v) is 7.41. The van der Waals surface area contributed by atoms with Crippen molar-refractivity contribution in [2.75, 3.05) is 23.3 Å². The summed E-state index contributed by atoms with van der Waals surface area (Å²) in [6.45, 7) is 8.95. The van der Waals surface area contributed by atoms with Gasteiger partial charge in [0.15, 0.2) is 5.82 Å². The van der Waals surface area contributed by atoms with Crippen LogP contribution in [0.2, 0.25) is 0 Å². The van der Waals surface area contributed by atoms with Crippen LogP contribution in [0.4, 0.5) is 11.8 Å². The van der Waals surface area contributed by atoms with E-state index in [4.69, 9.17) is 0 Å². The molecule has 0 amide bonds. The molecule has 0 aliphatic heterocycles. The molecule has 2 rings (SSSR count). The molecule has 0 atom stereocenters. The lowest BCUT2D eigenvalue weighted by molar-refractivity contribution is 0.681. The van der Waals surface area contributed by atoms with Crippen LogP contribution in [-0.4, -0.2) is 28.3 Å². The van der Waals surface area contributed by atoms with Gasteiger partial charge < -0.3 is 10.2 Å². The lowest BCUT2D eigenvalue weighted by atomic mass is 10.2. The predicted molar refractivity (Wildman–Crippen MR) is 86.3 cm³/mol. The van der Waals surface area contributed by atoms with E-state index in [1.807, 2.05) is 6.07 Å². The van der Waals surface area contributed by atoms with Gasteiger partial charge in [0.25, 0.3) is 0 Å². The van der Waals surface area contributed by atoms with Gasteiger partial charge in [-0.25, -0.2) is 0 Å². The lowest BCUT2D eigenvalue weighted by Gasteiger charge is -2.22. The van der Waals surface area contributed by atoms with Crippen LogP contribution in [-0.2, 0) is 6.54 Å². The Hall–Kier alpha value is -2.17. The Kier molecular flexibility index (Phi) is 5.49. The molecule has 0 bridgehead atoms. The third-order valence-corrected chi connectivity index (χ3v) is 3.14. The Morgan fingerprint density at radius 2 is 1.95 bits per heavy atom. The van der Waals surface area contributed by atoms with Crippen LogP contribution < -0.4 is 10.2 Å². The smallest absolute Gasteiger partial charge is 0.244 e. The van der Waals surface area contributed by atoms with Gasteiger partial charge in [0, 0.05) is 19.6 Å². The lowest BCUT2D eigenvalue weighted by Crippen LogP contribution is -2.24. The van der Waals surface area contributed by atoms with Gasteiger partial charge in [0.1, 0.15) is 0 Å². The number of anilines is 2. The van der Waals surface area contributed by atoms with E-state index in [9.17, 15) is 0 Å². The molecule has 0 aliphatic rings. The number of aromatic nitrogens is 3. The summed E-state index contributed by atoms with van der Waals surface area (Å²) in [6, 6.07) is 10.4. The highest BCUT2D eigenvalue weighted by Gasteiger charge is 2.09. The SMILES string of the molecule is CCN(Cc1ccccc1)c1cnnc(NCC(C)C)n1. The molecule has 5 heteroatoms. The van der Waals surface area contributed by atoms with E-state index in [-0.39, 0.29) is 0 Å². The molecule has 1 heterocycles. The van der Waals surface area contributed by atoms with Crippen molar-refractivity contribution in [3.05, 3.63) is 42.1 Å². The summed E-state index contributed by atoms with van der Waals surface area (Å²) in [4.78, 5) is 6.74. The van der Waals surface area contributed by atoms with Gasteiger partial charge in [-0.1, -0.05) is 44.2 Å². The minimum atomic E-state index is 0.545. The number of hydrogen-bond donors (Lipinski definition) is 1.